The van der Waals surface area contributed by atoms with Gasteiger partial charge in [0.15, 0.2) is 0 Å². The van der Waals surface area contributed by atoms with Crippen LogP contribution in [0.1, 0.15) is 27.9 Å². The van der Waals surface area contributed by atoms with Crippen LogP contribution in [0.2, 0.25) is 0 Å². The maximum atomic E-state index is 12.0. The molecule has 0 bridgehead atoms. The second-order valence-corrected chi connectivity index (χ2v) is 5.40. The van der Waals surface area contributed by atoms with Gasteiger partial charge < -0.3 is 10.2 Å². The average Bonchev–Trinajstić information content (AvgIpc) is 2.93. The van der Waals surface area contributed by atoms with E-state index in [0.29, 0.717) is 11.4 Å². The van der Waals surface area contributed by atoms with E-state index in [-0.39, 0.29) is 5.91 Å². The smallest absolute Gasteiger partial charge is 0.265 e. The highest BCUT2D eigenvalue weighted by Crippen LogP contribution is 2.13. The van der Waals surface area contributed by atoms with Crippen molar-refractivity contribution >= 4 is 23.1 Å². The molecule has 6 heteroatoms. The molecule has 1 aromatic heterocycles. The summed E-state index contributed by atoms with van der Waals surface area (Å²) in [5, 5.41) is 6.85. The third kappa shape index (κ3) is 3.33. The van der Waals surface area contributed by atoms with Crippen molar-refractivity contribution in [2.24, 2.45) is 0 Å². The van der Waals surface area contributed by atoms with Crippen molar-refractivity contribution in [2.75, 3.05) is 19.0 Å². The molecule has 0 aliphatic rings. The quantitative estimate of drug-likeness (QED) is 0.916. The van der Waals surface area contributed by atoms with Gasteiger partial charge in [0, 0.05) is 26.3 Å². The van der Waals surface area contributed by atoms with Crippen LogP contribution in [0, 0.1) is 0 Å². The van der Waals surface area contributed by atoms with Crippen LogP contribution in [0.3, 0.4) is 0 Å². The van der Waals surface area contributed by atoms with Crippen LogP contribution in [-0.4, -0.2) is 29.6 Å². The van der Waals surface area contributed by atoms with Gasteiger partial charge in [0.2, 0.25) is 0 Å². The zero-order valence-electron chi connectivity index (χ0n) is 11.9. The standard InChI is InChI=1S/C14H18N4OS/c1-4-12-13(20-17-16-12)14(19)15-9-10-5-7-11(8-6-10)18(2)3/h5-8H,4,9H2,1-3H3,(H,15,19). The van der Waals surface area contributed by atoms with E-state index in [1.807, 2.05) is 50.2 Å². The molecule has 106 valence electrons. The van der Waals surface area contributed by atoms with Gasteiger partial charge in [0.05, 0.1) is 5.69 Å². The van der Waals surface area contributed by atoms with Crippen molar-refractivity contribution in [3.05, 3.63) is 40.4 Å². The van der Waals surface area contributed by atoms with Gasteiger partial charge in [-0.3, -0.25) is 4.79 Å². The first-order valence-electron chi connectivity index (χ1n) is 6.47. The van der Waals surface area contributed by atoms with Gasteiger partial charge >= 0.3 is 0 Å². The van der Waals surface area contributed by atoms with Crippen LogP contribution in [-0.2, 0) is 13.0 Å². The Kier molecular flexibility index (Phi) is 4.68. The second kappa shape index (κ2) is 6.47. The van der Waals surface area contributed by atoms with Crippen molar-refractivity contribution in [1.29, 1.82) is 0 Å². The molecule has 0 atom stereocenters. The number of carbonyl (C=O) groups excluding carboxylic acids is 1. The van der Waals surface area contributed by atoms with E-state index in [2.05, 4.69) is 14.9 Å². The number of rotatable bonds is 5. The maximum Gasteiger partial charge on any atom is 0.265 e. The third-order valence-electron chi connectivity index (χ3n) is 3.00. The van der Waals surface area contributed by atoms with Gasteiger partial charge in [0.25, 0.3) is 5.91 Å². The molecule has 0 radical (unpaired) electrons. The molecule has 5 nitrogen and oxygen atoms in total. The van der Waals surface area contributed by atoms with Crippen LogP contribution in [0.5, 0.6) is 0 Å². The lowest BCUT2D eigenvalue weighted by atomic mass is 10.2. The summed E-state index contributed by atoms with van der Waals surface area (Å²) in [6.07, 6.45) is 0.719. The number of hydrogen-bond acceptors (Lipinski definition) is 5. The monoisotopic (exact) mass is 290 g/mol. The van der Waals surface area contributed by atoms with E-state index in [4.69, 9.17) is 0 Å². The first-order chi connectivity index (χ1) is 9.61. The zero-order valence-corrected chi connectivity index (χ0v) is 12.7. The molecule has 0 saturated carbocycles. The van der Waals surface area contributed by atoms with Crippen molar-refractivity contribution < 1.29 is 4.79 Å². The first kappa shape index (κ1) is 14.5. The van der Waals surface area contributed by atoms with E-state index in [9.17, 15) is 4.79 Å². The summed E-state index contributed by atoms with van der Waals surface area (Å²) >= 11 is 1.14. The van der Waals surface area contributed by atoms with Crippen LogP contribution >= 0.6 is 11.5 Å². The molecule has 2 rings (SSSR count). The molecular formula is C14H18N4OS. The number of nitrogens with one attached hydrogen (secondary N) is 1. The first-order valence-corrected chi connectivity index (χ1v) is 7.24. The molecule has 20 heavy (non-hydrogen) atoms. The molecule has 1 aromatic carbocycles. The topological polar surface area (TPSA) is 58.1 Å². The van der Waals surface area contributed by atoms with Crippen LogP contribution < -0.4 is 10.2 Å². The molecule has 0 fully saturated rings. The maximum absolute atomic E-state index is 12.0. The van der Waals surface area contributed by atoms with Gasteiger partial charge in [-0.15, -0.1) is 5.10 Å². The molecule has 0 spiro atoms. The largest absolute Gasteiger partial charge is 0.378 e. The SMILES string of the molecule is CCc1nnsc1C(=O)NCc1ccc(N(C)C)cc1. The van der Waals surface area contributed by atoms with Crippen molar-refractivity contribution in [3.8, 4) is 0 Å². The summed E-state index contributed by atoms with van der Waals surface area (Å²) in [5.74, 6) is -0.103. The molecule has 1 amide bonds. The minimum atomic E-state index is -0.103. The number of benzene rings is 1. The minimum Gasteiger partial charge on any atom is -0.378 e. The lowest BCUT2D eigenvalue weighted by molar-refractivity contribution is 0.0954. The lowest BCUT2D eigenvalue weighted by Crippen LogP contribution is -2.23. The van der Waals surface area contributed by atoms with E-state index < -0.39 is 0 Å². The van der Waals surface area contributed by atoms with Crippen LogP contribution in [0.4, 0.5) is 5.69 Å². The molecule has 0 saturated heterocycles. The van der Waals surface area contributed by atoms with E-state index in [0.717, 1.165) is 34.9 Å². The Bertz CT molecular complexity index is 577. The van der Waals surface area contributed by atoms with Crippen molar-refractivity contribution in [1.82, 2.24) is 14.9 Å². The summed E-state index contributed by atoms with van der Waals surface area (Å²) in [4.78, 5) is 14.7. The van der Waals surface area contributed by atoms with Crippen molar-refractivity contribution in [3.63, 3.8) is 0 Å². The fourth-order valence-corrected chi connectivity index (χ4v) is 2.45. The number of hydrogen-bond donors (Lipinski definition) is 1. The summed E-state index contributed by atoms with van der Waals surface area (Å²) in [7, 11) is 4.00. The van der Waals surface area contributed by atoms with E-state index in [1.54, 1.807) is 0 Å². The van der Waals surface area contributed by atoms with Gasteiger partial charge in [-0.1, -0.05) is 23.5 Å². The summed E-state index contributed by atoms with van der Waals surface area (Å²) in [5.41, 5.74) is 2.97. The average molecular weight is 290 g/mol. The number of anilines is 1. The Balaban J connectivity index is 1.96. The number of aryl methyl sites for hydroxylation is 1. The van der Waals surface area contributed by atoms with Crippen LogP contribution in [0.15, 0.2) is 24.3 Å². The molecule has 0 aliphatic carbocycles. The minimum absolute atomic E-state index is 0.103. The highest BCUT2D eigenvalue weighted by molar-refractivity contribution is 7.08. The number of nitrogens with zero attached hydrogens (tertiary/aromatic N) is 3. The summed E-state index contributed by atoms with van der Waals surface area (Å²) in [6, 6.07) is 8.10. The van der Waals surface area contributed by atoms with Gasteiger partial charge in [-0.2, -0.15) is 0 Å². The van der Waals surface area contributed by atoms with Gasteiger partial charge in [-0.05, 0) is 35.6 Å². The summed E-state index contributed by atoms with van der Waals surface area (Å²) < 4.78 is 3.83. The highest BCUT2D eigenvalue weighted by Gasteiger charge is 2.14. The fourth-order valence-electron chi connectivity index (χ4n) is 1.79. The molecule has 0 aliphatic heterocycles. The Labute approximate surface area is 122 Å². The predicted octanol–water partition coefficient (Wildman–Crippen LogP) is 2.10. The normalized spacial score (nSPS) is 10.3. The Morgan fingerprint density at radius 2 is 2.00 bits per heavy atom. The number of carbonyl (C=O) groups is 1. The predicted molar refractivity (Wildman–Crippen MR) is 81.2 cm³/mol. The Morgan fingerprint density at radius 1 is 1.30 bits per heavy atom. The molecule has 2 aromatic rings. The van der Waals surface area contributed by atoms with E-state index >= 15 is 0 Å². The fraction of sp³-hybridized carbons (Fsp3) is 0.357. The molecule has 1 N–H and O–H groups in total. The van der Waals surface area contributed by atoms with Crippen molar-refractivity contribution in [2.45, 2.75) is 19.9 Å². The Morgan fingerprint density at radius 3 is 2.60 bits per heavy atom. The Hall–Kier alpha value is -1.95. The molecule has 1 heterocycles. The van der Waals surface area contributed by atoms with Gasteiger partial charge in [0.1, 0.15) is 4.88 Å². The van der Waals surface area contributed by atoms with Crippen LogP contribution in [0.25, 0.3) is 0 Å². The zero-order chi connectivity index (χ0) is 14.5. The number of amides is 1. The third-order valence-corrected chi connectivity index (χ3v) is 3.77. The summed E-state index contributed by atoms with van der Waals surface area (Å²) in [6.45, 7) is 2.47. The highest BCUT2D eigenvalue weighted by atomic mass is 32.1. The molecule has 0 unspecified atom stereocenters. The van der Waals surface area contributed by atoms with Gasteiger partial charge in [-0.25, -0.2) is 0 Å². The second-order valence-electron chi connectivity index (χ2n) is 4.65. The van der Waals surface area contributed by atoms with E-state index in [1.165, 1.54) is 0 Å². The number of aromatic nitrogens is 2. The lowest BCUT2D eigenvalue weighted by Gasteiger charge is -2.12. The molecular weight excluding hydrogens is 272 g/mol.